The van der Waals surface area contributed by atoms with Crippen LogP contribution in [0.1, 0.15) is 120 Å². The van der Waals surface area contributed by atoms with Crippen LogP contribution in [0.4, 0.5) is 0 Å². The first-order chi connectivity index (χ1) is 21.3. The number of oxime groups is 1. The van der Waals surface area contributed by atoms with Gasteiger partial charge in [-0.1, -0.05) is 58.3 Å². The Morgan fingerprint density at radius 1 is 0.848 bits per heavy atom. The summed E-state index contributed by atoms with van der Waals surface area (Å²) in [6.45, 7) is 18.0. The fourth-order valence-corrected chi connectivity index (χ4v) is 11.6. The van der Waals surface area contributed by atoms with Crippen LogP contribution >= 0.6 is 0 Å². The maximum absolute atomic E-state index is 13.6. The molecule has 0 unspecified atom stereocenters. The summed E-state index contributed by atoms with van der Waals surface area (Å²) < 4.78 is 17.2. The first-order valence-electron chi connectivity index (χ1n) is 17.2. The fraction of sp³-hybridized carbons (Fsp3) is 0.811. The summed E-state index contributed by atoms with van der Waals surface area (Å²) in [6, 6.07) is 0. The summed E-state index contributed by atoms with van der Waals surface area (Å²) in [7, 11) is 1.53. The minimum atomic E-state index is -0.833. The molecule has 0 N–H and O–H groups in total. The quantitative estimate of drug-likeness (QED) is 0.104. The Morgan fingerprint density at radius 2 is 1.52 bits per heavy atom. The molecular formula is C37H55NO8. The molecule has 0 radical (unpaired) electrons. The van der Waals surface area contributed by atoms with E-state index in [9.17, 15) is 19.2 Å². The van der Waals surface area contributed by atoms with Gasteiger partial charge in [0.05, 0.1) is 17.9 Å². The lowest BCUT2D eigenvalue weighted by Gasteiger charge is -2.71. The second-order valence-electron chi connectivity index (χ2n) is 16.9. The van der Waals surface area contributed by atoms with Crippen molar-refractivity contribution in [2.24, 2.45) is 55.4 Å². The Balaban J connectivity index is 1.63. The molecule has 0 aliphatic heterocycles. The third kappa shape index (κ3) is 5.13. The molecular weight excluding hydrogens is 586 g/mol. The molecule has 4 fully saturated rings. The predicted molar refractivity (Wildman–Crippen MR) is 172 cm³/mol. The highest BCUT2D eigenvalue weighted by atomic mass is 16.7. The Morgan fingerprint density at radius 3 is 2.13 bits per heavy atom. The van der Waals surface area contributed by atoms with Gasteiger partial charge in [-0.15, -0.1) is 0 Å². The summed E-state index contributed by atoms with van der Waals surface area (Å²) in [5.74, 6) is -1.10. The van der Waals surface area contributed by atoms with Gasteiger partial charge in [-0.25, -0.2) is 4.79 Å². The molecule has 4 saturated carbocycles. The molecule has 256 valence electrons. The Bertz CT molecular complexity index is 1370. The van der Waals surface area contributed by atoms with Crippen molar-refractivity contribution in [3.63, 3.8) is 0 Å². The van der Waals surface area contributed by atoms with Gasteiger partial charge in [-0.3, -0.25) is 14.4 Å². The second-order valence-corrected chi connectivity index (χ2v) is 16.9. The van der Waals surface area contributed by atoms with Gasteiger partial charge in [0, 0.05) is 20.8 Å². The first-order valence-corrected chi connectivity index (χ1v) is 17.2. The van der Waals surface area contributed by atoms with Gasteiger partial charge in [0.2, 0.25) is 0 Å². The molecule has 0 amide bonds. The number of ether oxygens (including phenoxy) is 3. The number of carbonyl (C=O) groups excluding carboxylic acids is 4. The molecule has 5 aliphatic carbocycles. The van der Waals surface area contributed by atoms with Crippen molar-refractivity contribution in [1.82, 2.24) is 0 Å². The van der Waals surface area contributed by atoms with Crippen molar-refractivity contribution >= 4 is 29.6 Å². The van der Waals surface area contributed by atoms with Crippen LogP contribution in [0.3, 0.4) is 0 Å². The van der Waals surface area contributed by atoms with Crippen molar-refractivity contribution < 1.29 is 38.2 Å². The van der Waals surface area contributed by atoms with Crippen molar-refractivity contribution in [2.75, 3.05) is 13.7 Å². The highest BCUT2D eigenvalue weighted by Gasteiger charge is 2.71. The number of nitrogens with zero attached hydrogens (tertiary/aromatic N) is 1. The SMILES string of the molecule is COC(=O)[C@]12CCC(C)(C)C[C@H]1C1=CC[C@@H]3[C@@]4(C)C[C@@H](OC(C)=O)/C(=N\OC(C)=O)[C@](C)(COC(C)=O)[C@@H]4CC[C@@]3(C)[C@]1(C)CC2. The molecule has 5 aliphatic rings. The van der Waals surface area contributed by atoms with E-state index in [2.05, 4.69) is 45.9 Å². The average molecular weight is 642 g/mol. The number of fused-ring (bicyclic) bond motifs is 7. The van der Waals surface area contributed by atoms with Crippen LogP contribution in [-0.2, 0) is 38.2 Å². The molecule has 46 heavy (non-hydrogen) atoms. The standard InChI is InChI=1S/C37H55NO8/c1-22(39)44-21-34(7)28-13-14-36(9)29(33(28,6)20-27(45-23(2)40)30(34)38-46-24(3)41)12-11-25-26-19-32(4,5)15-17-37(26,31(42)43-10)18-16-35(25,36)8/h11,26-29H,12-21H2,1-10H3/b38-30+/t26-,27+,28+,29+,33-,34+,35+,36+,37-/m0/s1. The van der Waals surface area contributed by atoms with E-state index >= 15 is 0 Å². The Hall–Kier alpha value is -2.71. The average Bonchev–Trinajstić information content (AvgIpc) is 2.95. The molecule has 9 nitrogen and oxygen atoms in total. The normalized spacial score (nSPS) is 43.4. The Kier molecular flexibility index (Phi) is 8.63. The van der Waals surface area contributed by atoms with E-state index in [-0.39, 0.29) is 52.0 Å². The Labute approximate surface area is 274 Å². The second kappa shape index (κ2) is 11.5. The van der Waals surface area contributed by atoms with Gasteiger partial charge < -0.3 is 19.0 Å². The zero-order valence-electron chi connectivity index (χ0n) is 29.7. The van der Waals surface area contributed by atoms with E-state index in [4.69, 9.17) is 19.0 Å². The molecule has 0 aromatic carbocycles. The van der Waals surface area contributed by atoms with Gasteiger partial charge in [0.1, 0.15) is 18.4 Å². The van der Waals surface area contributed by atoms with E-state index in [0.717, 1.165) is 51.4 Å². The third-order valence-electron chi connectivity index (χ3n) is 13.9. The molecule has 0 spiro atoms. The summed E-state index contributed by atoms with van der Waals surface area (Å²) in [5.41, 5.74) is 0.147. The van der Waals surface area contributed by atoms with E-state index in [0.29, 0.717) is 12.1 Å². The molecule has 0 bridgehead atoms. The van der Waals surface area contributed by atoms with E-state index in [1.54, 1.807) is 0 Å². The van der Waals surface area contributed by atoms with Crippen LogP contribution in [0.2, 0.25) is 0 Å². The lowest BCUT2D eigenvalue weighted by Crippen LogP contribution is -2.67. The number of rotatable bonds is 5. The van der Waals surface area contributed by atoms with E-state index in [1.807, 2.05) is 6.92 Å². The van der Waals surface area contributed by atoms with Gasteiger partial charge in [0.15, 0.2) is 0 Å². The molecule has 9 heteroatoms. The fourth-order valence-electron chi connectivity index (χ4n) is 11.6. The molecule has 0 saturated heterocycles. The zero-order valence-corrected chi connectivity index (χ0v) is 29.7. The van der Waals surface area contributed by atoms with E-state index in [1.165, 1.54) is 33.5 Å². The molecule has 9 atom stereocenters. The molecule has 0 heterocycles. The third-order valence-corrected chi connectivity index (χ3v) is 13.9. The summed E-state index contributed by atoms with van der Waals surface area (Å²) >= 11 is 0. The zero-order chi connectivity index (χ0) is 34.1. The smallest absolute Gasteiger partial charge is 0.331 e. The van der Waals surface area contributed by atoms with Crippen LogP contribution in [0, 0.1) is 50.2 Å². The maximum Gasteiger partial charge on any atom is 0.331 e. The van der Waals surface area contributed by atoms with Crippen LogP contribution in [0.15, 0.2) is 16.8 Å². The number of carbonyl (C=O) groups is 4. The number of hydrogen-bond acceptors (Lipinski definition) is 9. The highest BCUT2D eigenvalue weighted by Crippen LogP contribution is 2.75. The predicted octanol–water partition coefficient (Wildman–Crippen LogP) is 6.97. The summed E-state index contributed by atoms with van der Waals surface area (Å²) in [5, 5.41) is 4.30. The molecule has 5 rings (SSSR count). The molecule has 0 aromatic heterocycles. The van der Waals surface area contributed by atoms with Gasteiger partial charge in [-0.2, -0.15) is 0 Å². The summed E-state index contributed by atoms with van der Waals surface area (Å²) in [6.07, 6.45) is 9.44. The van der Waals surface area contributed by atoms with Crippen molar-refractivity contribution in [2.45, 2.75) is 126 Å². The largest absolute Gasteiger partial charge is 0.469 e. The monoisotopic (exact) mass is 641 g/mol. The topological polar surface area (TPSA) is 118 Å². The van der Waals surface area contributed by atoms with Crippen molar-refractivity contribution in [3.05, 3.63) is 11.6 Å². The van der Waals surface area contributed by atoms with Crippen LogP contribution < -0.4 is 0 Å². The van der Waals surface area contributed by atoms with Crippen LogP contribution in [-0.4, -0.2) is 49.4 Å². The first kappa shape index (κ1) is 34.6. The maximum atomic E-state index is 13.6. The molecule has 0 aromatic rings. The van der Waals surface area contributed by atoms with E-state index < -0.39 is 34.8 Å². The van der Waals surface area contributed by atoms with Crippen LogP contribution in [0.25, 0.3) is 0 Å². The number of allylic oxidation sites excluding steroid dienone is 2. The highest BCUT2D eigenvalue weighted by molar-refractivity contribution is 5.96. The minimum Gasteiger partial charge on any atom is -0.469 e. The lowest BCUT2D eigenvalue weighted by molar-refractivity contribution is -0.193. The number of methoxy groups -OCH3 is 1. The van der Waals surface area contributed by atoms with Crippen molar-refractivity contribution in [1.29, 1.82) is 0 Å². The summed E-state index contributed by atoms with van der Waals surface area (Å²) in [4.78, 5) is 55.3. The minimum absolute atomic E-state index is 0.0171. The number of esters is 3. The van der Waals surface area contributed by atoms with Gasteiger partial charge >= 0.3 is 23.9 Å². The van der Waals surface area contributed by atoms with Crippen molar-refractivity contribution in [3.8, 4) is 0 Å². The van der Waals surface area contributed by atoms with Gasteiger partial charge in [-0.05, 0) is 97.2 Å². The lowest BCUT2D eigenvalue weighted by atomic mass is 9.33. The number of hydrogen-bond donors (Lipinski definition) is 0. The van der Waals surface area contributed by atoms with Gasteiger partial charge in [0.25, 0.3) is 0 Å². The van der Waals surface area contributed by atoms with Crippen LogP contribution in [0.5, 0.6) is 0 Å².